The van der Waals surface area contributed by atoms with Crippen molar-refractivity contribution in [3.8, 4) is 0 Å². The molecule has 20 heavy (non-hydrogen) atoms. The van der Waals surface area contributed by atoms with Crippen LogP contribution in [0.3, 0.4) is 0 Å². The van der Waals surface area contributed by atoms with Gasteiger partial charge in [0.2, 0.25) is 0 Å². The SMILES string of the molecule is CC1CCC(C(C)C)C2(C1)NC(=O)N(CC(=O)O)C2=O. The fraction of sp³-hybridized carbons (Fsp3) is 0.786. The minimum Gasteiger partial charge on any atom is -0.480 e. The maximum Gasteiger partial charge on any atom is 0.325 e. The van der Waals surface area contributed by atoms with E-state index in [4.69, 9.17) is 5.11 Å². The Bertz CT molecular complexity index is 448. The minimum atomic E-state index is -1.17. The second-order valence-electron chi connectivity index (χ2n) is 6.42. The Morgan fingerprint density at radius 3 is 2.65 bits per heavy atom. The number of imide groups is 1. The molecular weight excluding hydrogens is 260 g/mol. The fourth-order valence-electron chi connectivity index (χ4n) is 3.73. The summed E-state index contributed by atoms with van der Waals surface area (Å²) >= 11 is 0. The van der Waals surface area contributed by atoms with Crippen molar-refractivity contribution >= 4 is 17.9 Å². The van der Waals surface area contributed by atoms with E-state index >= 15 is 0 Å². The number of nitrogens with one attached hydrogen (secondary N) is 1. The summed E-state index contributed by atoms with van der Waals surface area (Å²) in [4.78, 5) is 36.3. The van der Waals surface area contributed by atoms with Crippen molar-refractivity contribution in [1.82, 2.24) is 10.2 Å². The molecule has 3 amide bonds. The first-order valence-corrected chi connectivity index (χ1v) is 7.14. The molecule has 1 saturated carbocycles. The molecule has 1 aliphatic carbocycles. The van der Waals surface area contributed by atoms with E-state index in [0.29, 0.717) is 12.3 Å². The summed E-state index contributed by atoms with van der Waals surface area (Å²) in [5, 5.41) is 11.7. The molecule has 2 rings (SSSR count). The zero-order valence-corrected chi connectivity index (χ0v) is 12.2. The lowest BCUT2D eigenvalue weighted by atomic mass is 9.65. The topological polar surface area (TPSA) is 86.7 Å². The number of urea groups is 1. The quantitative estimate of drug-likeness (QED) is 0.767. The Morgan fingerprint density at radius 1 is 1.45 bits per heavy atom. The summed E-state index contributed by atoms with van der Waals surface area (Å²) in [5.74, 6) is -0.866. The zero-order valence-electron chi connectivity index (χ0n) is 12.2. The predicted molar refractivity (Wildman–Crippen MR) is 72.0 cm³/mol. The van der Waals surface area contributed by atoms with Crippen molar-refractivity contribution in [2.45, 2.75) is 45.6 Å². The highest BCUT2D eigenvalue weighted by Gasteiger charge is 2.58. The van der Waals surface area contributed by atoms with Crippen LogP contribution in [-0.2, 0) is 9.59 Å². The van der Waals surface area contributed by atoms with E-state index in [1.54, 1.807) is 0 Å². The minimum absolute atomic E-state index is 0.0638. The highest BCUT2D eigenvalue weighted by molar-refractivity contribution is 6.08. The Kier molecular flexibility index (Phi) is 3.75. The number of carboxylic acid groups (broad SMARTS) is 1. The molecule has 1 saturated heterocycles. The van der Waals surface area contributed by atoms with Crippen LogP contribution in [0.2, 0.25) is 0 Å². The van der Waals surface area contributed by atoms with E-state index in [1.165, 1.54) is 0 Å². The first-order chi connectivity index (χ1) is 9.28. The summed E-state index contributed by atoms with van der Waals surface area (Å²) in [7, 11) is 0. The predicted octanol–water partition coefficient (Wildman–Crippen LogP) is 1.45. The van der Waals surface area contributed by atoms with Crippen molar-refractivity contribution in [2.75, 3.05) is 6.54 Å². The van der Waals surface area contributed by atoms with Gasteiger partial charge < -0.3 is 10.4 Å². The molecule has 3 unspecified atom stereocenters. The van der Waals surface area contributed by atoms with Gasteiger partial charge in [0.05, 0.1) is 0 Å². The third-order valence-electron chi connectivity index (χ3n) is 4.57. The molecule has 112 valence electrons. The van der Waals surface area contributed by atoms with E-state index in [0.717, 1.165) is 17.7 Å². The lowest BCUT2D eigenvalue weighted by Gasteiger charge is -2.43. The smallest absolute Gasteiger partial charge is 0.325 e. The van der Waals surface area contributed by atoms with Crippen LogP contribution in [0.5, 0.6) is 0 Å². The largest absolute Gasteiger partial charge is 0.480 e. The van der Waals surface area contributed by atoms with Crippen LogP contribution in [0.25, 0.3) is 0 Å². The number of nitrogens with zero attached hydrogens (tertiary/aromatic N) is 1. The van der Waals surface area contributed by atoms with Crippen LogP contribution in [0.15, 0.2) is 0 Å². The van der Waals surface area contributed by atoms with Gasteiger partial charge in [0.25, 0.3) is 5.91 Å². The third kappa shape index (κ3) is 2.27. The van der Waals surface area contributed by atoms with Gasteiger partial charge in [-0.25, -0.2) is 4.79 Å². The first-order valence-electron chi connectivity index (χ1n) is 7.14. The maximum absolute atomic E-state index is 12.7. The molecule has 0 aromatic heterocycles. The van der Waals surface area contributed by atoms with Gasteiger partial charge in [0.1, 0.15) is 12.1 Å². The van der Waals surface area contributed by atoms with Gasteiger partial charge in [0.15, 0.2) is 0 Å². The van der Waals surface area contributed by atoms with Crippen molar-refractivity contribution in [2.24, 2.45) is 17.8 Å². The van der Waals surface area contributed by atoms with Gasteiger partial charge in [0, 0.05) is 0 Å². The molecule has 0 bridgehead atoms. The molecule has 1 heterocycles. The standard InChI is InChI=1S/C14H22N2O4/c1-8(2)10-5-4-9(3)6-14(10)12(19)16(7-11(17)18)13(20)15-14/h8-10H,4-7H2,1-3H3,(H,15,20)(H,17,18). The van der Waals surface area contributed by atoms with Crippen LogP contribution in [0.1, 0.15) is 40.0 Å². The lowest BCUT2D eigenvalue weighted by Crippen LogP contribution is -2.57. The summed E-state index contributed by atoms with van der Waals surface area (Å²) in [6.45, 7) is 5.59. The van der Waals surface area contributed by atoms with Gasteiger partial charge in [-0.2, -0.15) is 0 Å². The molecule has 6 nitrogen and oxygen atoms in total. The number of hydrogen-bond acceptors (Lipinski definition) is 3. The number of amides is 3. The summed E-state index contributed by atoms with van der Waals surface area (Å²) in [6, 6.07) is -0.572. The molecule has 1 spiro atoms. The van der Waals surface area contributed by atoms with E-state index in [9.17, 15) is 14.4 Å². The third-order valence-corrected chi connectivity index (χ3v) is 4.57. The van der Waals surface area contributed by atoms with Gasteiger partial charge in [-0.15, -0.1) is 0 Å². The van der Waals surface area contributed by atoms with Crippen LogP contribution >= 0.6 is 0 Å². The van der Waals surface area contributed by atoms with Crippen molar-refractivity contribution < 1.29 is 19.5 Å². The maximum atomic E-state index is 12.7. The fourth-order valence-corrected chi connectivity index (χ4v) is 3.73. The van der Waals surface area contributed by atoms with Gasteiger partial charge in [-0.3, -0.25) is 14.5 Å². The number of hydrogen-bond donors (Lipinski definition) is 2. The molecule has 0 aromatic rings. The van der Waals surface area contributed by atoms with E-state index in [1.807, 2.05) is 13.8 Å². The summed E-state index contributed by atoms with van der Waals surface area (Å²) < 4.78 is 0. The van der Waals surface area contributed by atoms with Crippen molar-refractivity contribution in [3.05, 3.63) is 0 Å². The molecular formula is C14H22N2O4. The van der Waals surface area contributed by atoms with Crippen molar-refractivity contribution in [3.63, 3.8) is 0 Å². The average molecular weight is 282 g/mol. The van der Waals surface area contributed by atoms with E-state index in [-0.39, 0.29) is 17.7 Å². The molecule has 0 aromatic carbocycles. The highest BCUT2D eigenvalue weighted by Crippen LogP contribution is 2.44. The first kappa shape index (κ1) is 14.8. The van der Waals surface area contributed by atoms with Gasteiger partial charge in [-0.05, 0) is 30.6 Å². The molecule has 2 fully saturated rings. The lowest BCUT2D eigenvalue weighted by molar-refractivity contribution is -0.144. The van der Waals surface area contributed by atoms with Gasteiger partial charge in [-0.1, -0.05) is 27.2 Å². The molecule has 1 aliphatic heterocycles. The second-order valence-corrected chi connectivity index (χ2v) is 6.42. The number of aliphatic carboxylic acids is 1. The number of rotatable bonds is 3. The second kappa shape index (κ2) is 5.07. The average Bonchev–Trinajstić information content (AvgIpc) is 2.53. The van der Waals surface area contributed by atoms with Crippen molar-refractivity contribution in [1.29, 1.82) is 0 Å². The Labute approximate surface area is 118 Å². The van der Waals surface area contributed by atoms with Crippen LogP contribution < -0.4 is 5.32 Å². The van der Waals surface area contributed by atoms with Gasteiger partial charge >= 0.3 is 12.0 Å². The molecule has 6 heteroatoms. The summed E-state index contributed by atoms with van der Waals surface area (Å²) in [5.41, 5.74) is -0.904. The van der Waals surface area contributed by atoms with Crippen LogP contribution in [0.4, 0.5) is 4.79 Å². The van der Waals surface area contributed by atoms with E-state index < -0.39 is 24.1 Å². The Morgan fingerprint density at radius 2 is 2.10 bits per heavy atom. The zero-order chi connectivity index (χ0) is 15.1. The number of carboxylic acids is 1. The van der Waals surface area contributed by atoms with E-state index in [2.05, 4.69) is 12.2 Å². The monoisotopic (exact) mass is 282 g/mol. The number of carbonyl (C=O) groups excluding carboxylic acids is 2. The molecule has 2 N–H and O–H groups in total. The van der Waals surface area contributed by atoms with Crippen LogP contribution in [0, 0.1) is 17.8 Å². The molecule has 2 aliphatic rings. The highest BCUT2D eigenvalue weighted by atomic mass is 16.4. The Balaban J connectivity index is 2.34. The molecule has 0 radical (unpaired) electrons. The number of carbonyl (C=O) groups is 3. The molecule has 3 atom stereocenters. The normalized spacial score (nSPS) is 33.9. The summed E-state index contributed by atoms with van der Waals surface area (Å²) in [6.07, 6.45) is 2.51. The Hall–Kier alpha value is -1.59. The van der Waals surface area contributed by atoms with Crippen LogP contribution in [-0.4, -0.2) is 40.0 Å².